The zero-order valence-electron chi connectivity index (χ0n) is 21.9. The van der Waals surface area contributed by atoms with Gasteiger partial charge in [0.15, 0.2) is 0 Å². The van der Waals surface area contributed by atoms with Crippen LogP contribution in [-0.4, -0.2) is 52.6 Å². The number of carboxylic acids is 1. The number of carbonyl (C=O) groups is 2. The van der Waals surface area contributed by atoms with E-state index in [4.69, 9.17) is 14.6 Å². The van der Waals surface area contributed by atoms with E-state index < -0.39 is 28.7 Å². The fourth-order valence-electron chi connectivity index (χ4n) is 4.52. The van der Waals surface area contributed by atoms with E-state index in [-0.39, 0.29) is 18.9 Å². The summed E-state index contributed by atoms with van der Waals surface area (Å²) in [6, 6.07) is 4.35. The molecule has 0 aromatic heterocycles. The Kier molecular flexibility index (Phi) is 12.2. The lowest BCUT2D eigenvalue weighted by Crippen LogP contribution is -2.23. The molecule has 1 aromatic rings. The van der Waals surface area contributed by atoms with E-state index in [1.807, 2.05) is 13.8 Å². The number of aliphatic hydroxyl groups excluding tert-OH is 1. The van der Waals surface area contributed by atoms with Crippen LogP contribution in [0.15, 0.2) is 34.5 Å². The van der Waals surface area contributed by atoms with E-state index in [2.05, 4.69) is 4.99 Å². The number of non-ortho nitro benzene ring substituents is 1. The summed E-state index contributed by atoms with van der Waals surface area (Å²) in [5, 5.41) is 29.8. The Hall–Kier alpha value is -3.27. The molecule has 1 aliphatic rings. The molecule has 2 N–H and O–H groups in total. The van der Waals surface area contributed by atoms with Gasteiger partial charge >= 0.3 is 11.9 Å². The van der Waals surface area contributed by atoms with Gasteiger partial charge in [-0.25, -0.2) is 4.79 Å². The molecule has 2 atom stereocenters. The number of aliphatic carboxylic acids is 1. The van der Waals surface area contributed by atoms with E-state index in [1.54, 1.807) is 13.0 Å². The zero-order valence-corrected chi connectivity index (χ0v) is 21.9. The Morgan fingerprint density at radius 3 is 2.54 bits per heavy atom. The third-order valence-electron chi connectivity index (χ3n) is 6.37. The number of hydrogen-bond donors (Lipinski definition) is 2. The monoisotopic (exact) mass is 518 g/mol. The number of nitro groups is 1. The molecular weight excluding hydrogens is 480 g/mol. The molecule has 0 saturated carbocycles. The van der Waals surface area contributed by atoms with Crippen molar-refractivity contribution in [3.05, 3.63) is 45.1 Å². The van der Waals surface area contributed by atoms with Crippen molar-refractivity contribution in [2.75, 3.05) is 19.8 Å². The van der Waals surface area contributed by atoms with Crippen LogP contribution < -0.4 is 4.74 Å². The van der Waals surface area contributed by atoms with Crippen LogP contribution in [0.1, 0.15) is 83.6 Å². The molecule has 2 rings (SSSR count). The van der Waals surface area contributed by atoms with Gasteiger partial charge in [-0.1, -0.05) is 13.3 Å². The van der Waals surface area contributed by atoms with Crippen LogP contribution in [0.2, 0.25) is 0 Å². The number of esters is 1. The van der Waals surface area contributed by atoms with Gasteiger partial charge in [0.05, 0.1) is 29.6 Å². The predicted octanol–water partition coefficient (Wildman–Crippen LogP) is 5.18. The highest BCUT2D eigenvalue weighted by Gasteiger charge is 2.33. The summed E-state index contributed by atoms with van der Waals surface area (Å²) < 4.78 is 11.5. The van der Waals surface area contributed by atoms with Gasteiger partial charge < -0.3 is 19.7 Å². The molecule has 37 heavy (non-hydrogen) atoms. The number of benzene rings is 1. The number of hydrogen-bond acceptors (Lipinski definition) is 8. The number of ether oxygens (including phenoxy) is 2. The Labute approximate surface area is 217 Å². The molecule has 2 unspecified atom stereocenters. The first-order valence-electron chi connectivity index (χ1n) is 12.9. The van der Waals surface area contributed by atoms with Gasteiger partial charge in [-0.15, -0.1) is 0 Å². The normalized spacial score (nSPS) is 16.2. The summed E-state index contributed by atoms with van der Waals surface area (Å²) >= 11 is 0. The van der Waals surface area contributed by atoms with Gasteiger partial charge in [-0.3, -0.25) is 19.9 Å². The predicted molar refractivity (Wildman–Crippen MR) is 139 cm³/mol. The molecule has 1 heterocycles. The van der Waals surface area contributed by atoms with E-state index in [9.17, 15) is 24.8 Å². The van der Waals surface area contributed by atoms with Crippen LogP contribution in [-0.2, 0) is 14.3 Å². The first kappa shape index (κ1) is 30.0. The minimum atomic E-state index is -0.802. The molecule has 204 valence electrons. The number of aliphatic hydroxyl groups is 1. The summed E-state index contributed by atoms with van der Waals surface area (Å²) in [5.41, 5.74) is 2.02. The molecular formula is C27H38N2O8. The van der Waals surface area contributed by atoms with Crippen molar-refractivity contribution >= 4 is 23.3 Å². The molecule has 0 aliphatic carbocycles. The molecule has 0 saturated heterocycles. The van der Waals surface area contributed by atoms with Crippen molar-refractivity contribution in [1.82, 2.24) is 0 Å². The minimum absolute atomic E-state index is 0.0439. The van der Waals surface area contributed by atoms with Gasteiger partial charge in [0.25, 0.3) is 5.69 Å². The summed E-state index contributed by atoms with van der Waals surface area (Å²) in [7, 11) is 0. The van der Waals surface area contributed by atoms with Crippen LogP contribution in [0, 0.1) is 16.0 Å². The third-order valence-corrected chi connectivity index (χ3v) is 6.37. The van der Waals surface area contributed by atoms with Crippen molar-refractivity contribution in [3.63, 3.8) is 0 Å². The van der Waals surface area contributed by atoms with Gasteiger partial charge in [-0.05, 0) is 64.9 Å². The standard InChI is InChI=1S/C27H38N2O8/c1-4-9-20(26(31)32)10-5-7-15-37-27(33)25-19(3)28-18(2)16-23(25)22-17-21(29(34)35)11-12-24(22)36-14-8-6-13-30/h11-12,17,20,23,30H,4-10,13-16H2,1-3H3,(H,31,32). The summed E-state index contributed by atoms with van der Waals surface area (Å²) in [6.45, 7) is 6.01. The van der Waals surface area contributed by atoms with Gasteiger partial charge in [0.2, 0.25) is 0 Å². The first-order chi connectivity index (χ1) is 17.7. The summed E-state index contributed by atoms with van der Waals surface area (Å²) in [5.74, 6) is -1.82. The largest absolute Gasteiger partial charge is 0.493 e. The number of unbranched alkanes of at least 4 members (excludes halogenated alkanes) is 2. The number of nitro benzene ring substituents is 1. The van der Waals surface area contributed by atoms with E-state index in [1.165, 1.54) is 12.1 Å². The Balaban J connectivity index is 2.20. The SMILES string of the molecule is CCCC(CCCCOC(=O)C1=C(C)N=C(C)CC1c1cc([N+](=O)[O-])ccc1OCCCCO)C(=O)O. The maximum absolute atomic E-state index is 13.2. The van der Waals surface area contributed by atoms with Crippen molar-refractivity contribution < 1.29 is 34.2 Å². The zero-order chi connectivity index (χ0) is 27.4. The molecule has 10 heteroatoms. The smallest absolute Gasteiger partial charge is 0.336 e. The fraction of sp³-hybridized carbons (Fsp3) is 0.593. The molecule has 0 bridgehead atoms. The Morgan fingerprint density at radius 1 is 1.16 bits per heavy atom. The fourth-order valence-corrected chi connectivity index (χ4v) is 4.52. The van der Waals surface area contributed by atoms with Gasteiger partial charge in [-0.2, -0.15) is 0 Å². The van der Waals surface area contributed by atoms with Crippen LogP contribution in [0.25, 0.3) is 0 Å². The quantitative estimate of drug-likeness (QED) is 0.132. The van der Waals surface area contributed by atoms with Crippen molar-refractivity contribution in [1.29, 1.82) is 0 Å². The van der Waals surface area contributed by atoms with Crippen LogP contribution in [0.3, 0.4) is 0 Å². The molecule has 1 aromatic carbocycles. The maximum atomic E-state index is 13.2. The average molecular weight is 519 g/mol. The second kappa shape index (κ2) is 15.1. The number of carbonyl (C=O) groups excluding carboxylic acids is 1. The Morgan fingerprint density at radius 2 is 1.89 bits per heavy atom. The molecule has 0 amide bonds. The Bertz CT molecular complexity index is 1020. The average Bonchev–Trinajstić information content (AvgIpc) is 2.85. The number of aliphatic imine (C=N–C) groups is 1. The molecule has 10 nitrogen and oxygen atoms in total. The van der Waals surface area contributed by atoms with Gasteiger partial charge in [0, 0.05) is 41.6 Å². The van der Waals surface area contributed by atoms with E-state index in [0.717, 1.165) is 12.1 Å². The third kappa shape index (κ3) is 8.96. The highest BCUT2D eigenvalue weighted by molar-refractivity contribution is 5.96. The van der Waals surface area contributed by atoms with Crippen LogP contribution >= 0.6 is 0 Å². The molecule has 1 aliphatic heterocycles. The second-order valence-corrected chi connectivity index (χ2v) is 9.32. The van der Waals surface area contributed by atoms with E-state index in [0.29, 0.717) is 74.1 Å². The highest BCUT2D eigenvalue weighted by Crippen LogP contribution is 2.41. The van der Waals surface area contributed by atoms with Crippen LogP contribution in [0.4, 0.5) is 5.69 Å². The van der Waals surface area contributed by atoms with Crippen LogP contribution in [0.5, 0.6) is 5.75 Å². The summed E-state index contributed by atoms with van der Waals surface area (Å²) in [4.78, 5) is 40.0. The van der Waals surface area contributed by atoms with Crippen molar-refractivity contribution in [2.24, 2.45) is 10.9 Å². The first-order valence-corrected chi connectivity index (χ1v) is 12.9. The maximum Gasteiger partial charge on any atom is 0.336 e. The van der Waals surface area contributed by atoms with Crippen molar-refractivity contribution in [2.45, 2.75) is 78.1 Å². The molecule has 0 fully saturated rings. The minimum Gasteiger partial charge on any atom is -0.493 e. The second-order valence-electron chi connectivity index (χ2n) is 9.32. The number of rotatable bonds is 16. The lowest BCUT2D eigenvalue weighted by molar-refractivity contribution is -0.385. The highest BCUT2D eigenvalue weighted by atomic mass is 16.6. The molecule has 0 spiro atoms. The van der Waals surface area contributed by atoms with Crippen molar-refractivity contribution in [3.8, 4) is 5.75 Å². The van der Waals surface area contributed by atoms with E-state index >= 15 is 0 Å². The number of carboxylic acid groups (broad SMARTS) is 1. The topological polar surface area (TPSA) is 149 Å². The van der Waals surface area contributed by atoms with Gasteiger partial charge in [0.1, 0.15) is 5.75 Å². The lowest BCUT2D eigenvalue weighted by Gasteiger charge is -2.26. The number of nitrogens with zero attached hydrogens (tertiary/aromatic N) is 2. The molecule has 0 radical (unpaired) electrons. The summed E-state index contributed by atoms with van der Waals surface area (Å²) in [6.07, 6.45) is 4.67. The lowest BCUT2D eigenvalue weighted by atomic mass is 9.83. The number of allylic oxidation sites excluding steroid dienone is 1.